The van der Waals surface area contributed by atoms with Crippen molar-refractivity contribution in [1.82, 2.24) is 0 Å². The maximum Gasteiger partial charge on any atom is 0.124 e. The lowest BCUT2D eigenvalue weighted by atomic mass is 9.99. The largest absolute Gasteiger partial charge is 0.303 e. The molecule has 1 unspecified atom stereocenters. The molecule has 0 aromatic heterocycles. The van der Waals surface area contributed by atoms with Crippen LogP contribution in [0.1, 0.15) is 5.56 Å². The fraction of sp³-hybridized carbons (Fsp3) is 0.188. The van der Waals surface area contributed by atoms with E-state index in [0.29, 0.717) is 5.75 Å². The zero-order valence-corrected chi connectivity index (χ0v) is 11.0. The summed E-state index contributed by atoms with van der Waals surface area (Å²) < 4.78 is 0. The molecule has 2 aromatic rings. The monoisotopic (exact) mass is 256 g/mol. The number of carbonyl (C=O) groups is 1. The van der Waals surface area contributed by atoms with Crippen molar-refractivity contribution in [3.8, 4) is 11.1 Å². The van der Waals surface area contributed by atoms with E-state index < -0.39 is 0 Å². The first-order valence-electron chi connectivity index (χ1n) is 6.04. The lowest BCUT2D eigenvalue weighted by molar-refractivity contribution is -0.110. The van der Waals surface area contributed by atoms with Gasteiger partial charge in [-0.15, -0.1) is 0 Å². The van der Waals surface area contributed by atoms with Crippen molar-refractivity contribution in [2.45, 2.75) is 6.42 Å². The number of benzene rings is 2. The van der Waals surface area contributed by atoms with Crippen molar-refractivity contribution in [2.24, 2.45) is 5.92 Å². The first-order chi connectivity index (χ1) is 8.83. The van der Waals surface area contributed by atoms with Gasteiger partial charge in [0.25, 0.3) is 0 Å². The SMILES string of the molecule is O=CC(CS)Cc1ccc(-c2ccccc2)cc1. The molecular weight excluding hydrogens is 240 g/mol. The van der Waals surface area contributed by atoms with Crippen molar-refractivity contribution >= 4 is 18.9 Å². The molecule has 0 saturated heterocycles. The summed E-state index contributed by atoms with van der Waals surface area (Å²) in [6.45, 7) is 0. The summed E-state index contributed by atoms with van der Waals surface area (Å²) >= 11 is 4.17. The van der Waals surface area contributed by atoms with Gasteiger partial charge in [-0.2, -0.15) is 12.6 Å². The van der Waals surface area contributed by atoms with Gasteiger partial charge in [-0.1, -0.05) is 54.6 Å². The first-order valence-corrected chi connectivity index (χ1v) is 6.67. The van der Waals surface area contributed by atoms with Gasteiger partial charge in [-0.05, 0) is 23.1 Å². The third-order valence-electron chi connectivity index (χ3n) is 2.99. The Labute approximate surface area is 113 Å². The summed E-state index contributed by atoms with van der Waals surface area (Å²) in [4.78, 5) is 10.8. The summed E-state index contributed by atoms with van der Waals surface area (Å²) in [5, 5.41) is 0. The van der Waals surface area contributed by atoms with Crippen LogP contribution in [0, 0.1) is 5.92 Å². The second kappa shape index (κ2) is 6.41. The quantitative estimate of drug-likeness (QED) is 0.638. The Kier molecular flexibility index (Phi) is 4.59. The Balaban J connectivity index is 2.13. The van der Waals surface area contributed by atoms with E-state index in [1.807, 2.05) is 18.2 Å². The Hall–Kier alpha value is -1.54. The van der Waals surface area contributed by atoms with Crippen LogP contribution < -0.4 is 0 Å². The van der Waals surface area contributed by atoms with E-state index >= 15 is 0 Å². The standard InChI is InChI=1S/C16H16OS/c17-11-14(12-18)10-13-6-8-16(9-7-13)15-4-2-1-3-5-15/h1-9,11,14,18H,10,12H2. The van der Waals surface area contributed by atoms with Gasteiger partial charge < -0.3 is 4.79 Å². The maximum absolute atomic E-state index is 10.8. The molecule has 18 heavy (non-hydrogen) atoms. The molecule has 0 aliphatic rings. The minimum absolute atomic E-state index is 0.0101. The zero-order chi connectivity index (χ0) is 12.8. The Morgan fingerprint density at radius 1 is 0.944 bits per heavy atom. The average Bonchev–Trinajstić information content (AvgIpc) is 2.46. The minimum Gasteiger partial charge on any atom is -0.303 e. The van der Waals surface area contributed by atoms with E-state index in [2.05, 4.69) is 49.0 Å². The fourth-order valence-corrected chi connectivity index (χ4v) is 2.14. The highest BCUT2D eigenvalue weighted by molar-refractivity contribution is 7.80. The van der Waals surface area contributed by atoms with E-state index in [4.69, 9.17) is 0 Å². The highest BCUT2D eigenvalue weighted by Crippen LogP contribution is 2.20. The highest BCUT2D eigenvalue weighted by atomic mass is 32.1. The summed E-state index contributed by atoms with van der Waals surface area (Å²) in [5.74, 6) is 0.611. The van der Waals surface area contributed by atoms with Gasteiger partial charge in [-0.3, -0.25) is 0 Å². The van der Waals surface area contributed by atoms with Gasteiger partial charge in [-0.25, -0.2) is 0 Å². The lowest BCUT2D eigenvalue weighted by Crippen LogP contribution is -2.07. The summed E-state index contributed by atoms with van der Waals surface area (Å²) in [6, 6.07) is 18.6. The molecule has 0 N–H and O–H groups in total. The molecule has 2 aromatic carbocycles. The molecule has 0 aliphatic carbocycles. The first kappa shape index (κ1) is 12.9. The third-order valence-corrected chi connectivity index (χ3v) is 3.45. The normalized spacial score (nSPS) is 12.1. The number of hydrogen-bond donors (Lipinski definition) is 1. The summed E-state index contributed by atoms with van der Waals surface area (Å²) in [5.41, 5.74) is 3.60. The van der Waals surface area contributed by atoms with Crippen LogP contribution in [0.4, 0.5) is 0 Å². The van der Waals surface area contributed by atoms with Crippen LogP contribution in [0.15, 0.2) is 54.6 Å². The molecule has 0 bridgehead atoms. The third kappa shape index (κ3) is 3.23. The van der Waals surface area contributed by atoms with Crippen LogP contribution in [0.2, 0.25) is 0 Å². The number of hydrogen-bond acceptors (Lipinski definition) is 2. The molecule has 92 valence electrons. The summed E-state index contributed by atoms with van der Waals surface area (Å²) in [6.07, 6.45) is 1.75. The van der Waals surface area contributed by atoms with Crippen LogP contribution in [0.3, 0.4) is 0 Å². The van der Waals surface area contributed by atoms with Crippen LogP contribution in [0.25, 0.3) is 11.1 Å². The van der Waals surface area contributed by atoms with Gasteiger partial charge in [0.15, 0.2) is 0 Å². The number of aldehydes is 1. The predicted octanol–water partition coefficient (Wildman–Crippen LogP) is 3.64. The lowest BCUT2D eigenvalue weighted by Gasteiger charge is -2.08. The van der Waals surface area contributed by atoms with Gasteiger partial charge in [0, 0.05) is 11.7 Å². The van der Waals surface area contributed by atoms with Gasteiger partial charge in [0.05, 0.1) is 0 Å². The van der Waals surface area contributed by atoms with Crippen molar-refractivity contribution in [3.05, 3.63) is 60.2 Å². The van der Waals surface area contributed by atoms with Gasteiger partial charge in [0.1, 0.15) is 6.29 Å². The van der Waals surface area contributed by atoms with Crippen molar-refractivity contribution in [1.29, 1.82) is 0 Å². The predicted molar refractivity (Wildman–Crippen MR) is 79.0 cm³/mol. The van der Waals surface area contributed by atoms with Crippen LogP contribution >= 0.6 is 12.6 Å². The molecule has 0 amide bonds. The molecule has 0 aliphatic heterocycles. The van der Waals surface area contributed by atoms with Crippen LogP contribution in [0.5, 0.6) is 0 Å². The maximum atomic E-state index is 10.8. The molecule has 2 rings (SSSR count). The number of rotatable bonds is 5. The molecule has 2 heteroatoms. The molecule has 0 heterocycles. The molecule has 1 nitrogen and oxygen atoms in total. The Morgan fingerprint density at radius 2 is 1.56 bits per heavy atom. The second-order valence-electron chi connectivity index (χ2n) is 4.35. The van der Waals surface area contributed by atoms with Crippen LogP contribution in [-0.2, 0) is 11.2 Å². The zero-order valence-electron chi connectivity index (χ0n) is 10.1. The van der Waals surface area contributed by atoms with E-state index in [-0.39, 0.29) is 5.92 Å². The van der Waals surface area contributed by atoms with E-state index in [1.54, 1.807) is 0 Å². The van der Waals surface area contributed by atoms with E-state index in [0.717, 1.165) is 12.7 Å². The molecule has 1 atom stereocenters. The van der Waals surface area contributed by atoms with Crippen molar-refractivity contribution < 1.29 is 4.79 Å². The Bertz CT molecular complexity index is 490. The highest BCUT2D eigenvalue weighted by Gasteiger charge is 2.06. The molecule has 0 fully saturated rings. The van der Waals surface area contributed by atoms with Gasteiger partial charge >= 0.3 is 0 Å². The molecule has 0 spiro atoms. The fourth-order valence-electron chi connectivity index (χ4n) is 1.92. The van der Waals surface area contributed by atoms with Gasteiger partial charge in [0.2, 0.25) is 0 Å². The topological polar surface area (TPSA) is 17.1 Å². The molecule has 0 saturated carbocycles. The van der Waals surface area contributed by atoms with E-state index in [9.17, 15) is 4.79 Å². The van der Waals surface area contributed by atoms with Crippen molar-refractivity contribution in [2.75, 3.05) is 5.75 Å². The molecular formula is C16H16OS. The number of carbonyl (C=O) groups excluding carboxylic acids is 1. The van der Waals surface area contributed by atoms with Crippen LogP contribution in [-0.4, -0.2) is 12.0 Å². The Morgan fingerprint density at radius 3 is 2.11 bits per heavy atom. The summed E-state index contributed by atoms with van der Waals surface area (Å²) in [7, 11) is 0. The smallest absolute Gasteiger partial charge is 0.124 e. The number of thiol groups is 1. The minimum atomic E-state index is 0.0101. The molecule has 0 radical (unpaired) electrons. The van der Waals surface area contributed by atoms with E-state index in [1.165, 1.54) is 16.7 Å². The average molecular weight is 256 g/mol. The second-order valence-corrected chi connectivity index (χ2v) is 4.71. The van der Waals surface area contributed by atoms with Crippen molar-refractivity contribution in [3.63, 3.8) is 0 Å².